The number of esters is 4. The van der Waals surface area contributed by atoms with Crippen LogP contribution in [0.4, 0.5) is 0 Å². The van der Waals surface area contributed by atoms with Gasteiger partial charge in [-0.05, 0) is 180 Å². The Labute approximate surface area is 677 Å². The Bertz CT molecular complexity index is 2990. The lowest BCUT2D eigenvalue weighted by Crippen LogP contribution is -2.30. The van der Waals surface area contributed by atoms with Crippen LogP contribution in [-0.4, -0.2) is 96.7 Å². The second-order valence-corrected chi connectivity index (χ2v) is 29.8. The zero-order valence-corrected chi connectivity index (χ0v) is 70.8. The number of phosphoric ester groups is 2. The van der Waals surface area contributed by atoms with Gasteiger partial charge in [-0.3, -0.25) is 37.3 Å². The number of unbranched alkanes of at least 4 members (excludes halogenated alkanes) is 14. The number of hydrogen-bond donors (Lipinski definition) is 3. The smallest absolute Gasteiger partial charge is 0.462 e. The molecule has 0 amide bonds. The van der Waals surface area contributed by atoms with E-state index in [1.807, 2.05) is 36.5 Å². The van der Waals surface area contributed by atoms with Crippen LogP contribution in [0.5, 0.6) is 0 Å². The van der Waals surface area contributed by atoms with Crippen LogP contribution in [0.3, 0.4) is 0 Å². The topological polar surface area (TPSA) is 237 Å². The van der Waals surface area contributed by atoms with E-state index in [1.165, 1.54) is 38.5 Å². The van der Waals surface area contributed by atoms with E-state index in [2.05, 4.69) is 210 Å². The number of ether oxygens (including phenoxy) is 4. The molecule has 19 heteroatoms. The molecule has 0 saturated heterocycles. The highest BCUT2D eigenvalue weighted by atomic mass is 31.2. The summed E-state index contributed by atoms with van der Waals surface area (Å²) in [5.41, 5.74) is 0. The summed E-state index contributed by atoms with van der Waals surface area (Å²) in [6.45, 7) is 4.34. The minimum absolute atomic E-state index is 0.0189. The molecule has 0 bridgehead atoms. The van der Waals surface area contributed by atoms with E-state index >= 15 is 0 Å². The van der Waals surface area contributed by atoms with Crippen LogP contribution in [0.25, 0.3) is 0 Å². The largest absolute Gasteiger partial charge is 0.472 e. The van der Waals surface area contributed by atoms with Gasteiger partial charge < -0.3 is 33.8 Å². The highest BCUT2D eigenvalue weighted by molar-refractivity contribution is 7.47. The summed E-state index contributed by atoms with van der Waals surface area (Å²) < 4.78 is 68.5. The molecule has 0 saturated carbocycles. The fourth-order valence-electron chi connectivity index (χ4n) is 10.1. The van der Waals surface area contributed by atoms with E-state index in [9.17, 15) is 43.2 Å². The van der Waals surface area contributed by atoms with Crippen molar-refractivity contribution in [2.24, 2.45) is 0 Å². The molecule has 0 spiro atoms. The molecule has 0 aliphatic heterocycles. The van der Waals surface area contributed by atoms with E-state index in [0.29, 0.717) is 38.5 Å². The minimum atomic E-state index is -5.03. The molecule has 0 fully saturated rings. The number of phosphoric acid groups is 2. The highest BCUT2D eigenvalue weighted by Crippen LogP contribution is 2.45. The van der Waals surface area contributed by atoms with E-state index in [-0.39, 0.29) is 25.7 Å². The molecular weight excluding hydrogens is 1450 g/mol. The first-order chi connectivity index (χ1) is 54.7. The average molecular weight is 1600 g/mol. The average Bonchev–Trinajstić information content (AvgIpc) is 0.897. The second-order valence-electron chi connectivity index (χ2n) is 26.9. The maximum atomic E-state index is 13.1. The third-order valence-corrected chi connectivity index (χ3v) is 18.3. The van der Waals surface area contributed by atoms with Gasteiger partial charge in [0.15, 0.2) is 12.2 Å². The Morgan fingerprint density at radius 2 is 0.482 bits per heavy atom. The number of allylic oxidation sites excluding steroid dienone is 36. The molecule has 0 aliphatic carbocycles. The van der Waals surface area contributed by atoms with Crippen LogP contribution in [0, 0.1) is 0 Å². The van der Waals surface area contributed by atoms with Crippen molar-refractivity contribution in [3.05, 3.63) is 219 Å². The first-order valence-electron chi connectivity index (χ1n) is 42.0. The van der Waals surface area contributed by atoms with Crippen molar-refractivity contribution in [3.63, 3.8) is 0 Å². The lowest BCUT2D eigenvalue weighted by molar-refractivity contribution is -0.161. The van der Waals surface area contributed by atoms with Crippen molar-refractivity contribution in [2.75, 3.05) is 39.6 Å². The zero-order chi connectivity index (χ0) is 81.7. The first kappa shape index (κ1) is 105. The van der Waals surface area contributed by atoms with Gasteiger partial charge in [0.1, 0.15) is 19.3 Å². The molecule has 0 rings (SSSR count). The van der Waals surface area contributed by atoms with Crippen LogP contribution in [0.1, 0.15) is 285 Å². The van der Waals surface area contributed by atoms with Crippen molar-refractivity contribution in [2.45, 2.75) is 303 Å². The van der Waals surface area contributed by atoms with Gasteiger partial charge in [-0.1, -0.05) is 298 Å². The summed E-state index contributed by atoms with van der Waals surface area (Å²) in [6, 6.07) is 0. The number of aliphatic hydroxyl groups excluding tert-OH is 1. The Hall–Kier alpha value is -6.62. The molecule has 0 aromatic carbocycles. The highest BCUT2D eigenvalue weighted by Gasteiger charge is 2.30. The summed E-state index contributed by atoms with van der Waals surface area (Å²) in [5, 5.41) is 10.7. The molecule has 0 heterocycles. The van der Waals surface area contributed by atoms with Crippen molar-refractivity contribution in [1.29, 1.82) is 0 Å². The van der Waals surface area contributed by atoms with Gasteiger partial charge in [0.2, 0.25) is 0 Å². The third-order valence-electron chi connectivity index (χ3n) is 16.4. The van der Waals surface area contributed by atoms with Crippen LogP contribution in [-0.2, 0) is 65.4 Å². The van der Waals surface area contributed by atoms with Crippen molar-refractivity contribution < 1.29 is 80.2 Å². The standard InChI is InChI=1S/C93H146O17P2/c1-5-9-13-17-21-25-29-33-37-40-43-46-50-54-58-62-66-70-74-78-91(96)104-84-89(110-93(98)80-76-72-68-64-60-56-52-48-45-42-39-35-31-27-23-19-15-11-7-3)86-108-112(101,102)106-82-87(94)81-105-111(99,100)107-85-88(83-103-90(95)77-73-69-65-61-57-53-49-36-32-28-24-20-16-12-8-4)109-92(97)79-75-71-67-63-59-55-51-47-44-41-38-34-30-26-22-18-14-10-6-2/h10-11,14-15,21-28,33-39,43-49,54-56,58-60,66-67,70-71,87-89,94H,5-9,12-13,16-20,29-32,40-42,50-53,57,61-65,68-69,72-86H2,1-4H3,(H,99,100)(H,101,102)/b14-10-,15-11-,25-21-,26-22-,27-23-,28-24-,37-33-,38-34-,39-35-,46-43-,47-44-,48-45-,49-36-,58-54-,59-55-,60-56-,70-66-,71-67-/t87-,88+,89+/m0/s1. The molecule has 112 heavy (non-hydrogen) atoms. The monoisotopic (exact) mass is 1600 g/mol. The Morgan fingerprint density at radius 1 is 0.259 bits per heavy atom. The third kappa shape index (κ3) is 81.4. The maximum absolute atomic E-state index is 13.1. The molecule has 630 valence electrons. The van der Waals surface area contributed by atoms with Gasteiger partial charge >= 0.3 is 39.5 Å². The first-order valence-corrected chi connectivity index (χ1v) is 45.0. The van der Waals surface area contributed by atoms with Gasteiger partial charge in [0.05, 0.1) is 26.4 Å². The quantitative estimate of drug-likeness (QED) is 0.0169. The molecule has 0 aliphatic rings. The molecule has 0 aromatic heterocycles. The number of hydrogen-bond acceptors (Lipinski definition) is 15. The molecule has 3 N–H and O–H groups in total. The minimum Gasteiger partial charge on any atom is -0.462 e. The fourth-order valence-corrected chi connectivity index (χ4v) is 11.7. The van der Waals surface area contributed by atoms with Gasteiger partial charge in [0.25, 0.3) is 0 Å². The van der Waals surface area contributed by atoms with E-state index in [1.54, 1.807) is 0 Å². The van der Waals surface area contributed by atoms with Gasteiger partial charge in [-0.25, -0.2) is 9.13 Å². The Kier molecular flexibility index (Phi) is 77.5. The summed E-state index contributed by atoms with van der Waals surface area (Å²) in [4.78, 5) is 73.2. The number of carbonyl (C=O) groups is 4. The molecule has 17 nitrogen and oxygen atoms in total. The lowest BCUT2D eigenvalue weighted by Gasteiger charge is -2.21. The molecule has 5 atom stereocenters. The van der Waals surface area contributed by atoms with Gasteiger partial charge in [-0.15, -0.1) is 0 Å². The van der Waals surface area contributed by atoms with Crippen molar-refractivity contribution in [3.8, 4) is 0 Å². The number of rotatable bonds is 76. The van der Waals surface area contributed by atoms with Crippen LogP contribution in [0.15, 0.2) is 219 Å². The summed E-state index contributed by atoms with van der Waals surface area (Å²) in [7, 11) is -10.1. The number of aliphatic hydroxyl groups is 1. The normalized spacial score (nSPS) is 14.9. The molecule has 0 radical (unpaired) electrons. The van der Waals surface area contributed by atoms with Gasteiger partial charge in [-0.2, -0.15) is 0 Å². The SMILES string of the molecule is CC/C=C\C/C=C\C/C=C\C/C=C\C/C=C\C/C=C\CCC(=O)O[C@H](COC(=O)CCCCCCC/C=C\C/C=C\CCCCC)COP(=O)(O)OC[C@H](O)COP(=O)(O)OC[C@@H](COC(=O)CC/C=C\C/C=C\C/C=C\C/C=C\C/C=C\CCCCC)OC(=O)CCCCC/C=C\C/C=C\C/C=C\C/C=C\C/C=C\CC. The second kappa shape index (κ2) is 82.4. The van der Waals surface area contributed by atoms with Crippen LogP contribution < -0.4 is 0 Å². The number of carbonyl (C=O) groups excluding carboxylic acids is 4. The Morgan fingerprint density at radius 3 is 0.795 bits per heavy atom. The van der Waals surface area contributed by atoms with Crippen molar-refractivity contribution >= 4 is 39.5 Å². The van der Waals surface area contributed by atoms with E-state index in [4.69, 9.17) is 37.0 Å². The lowest BCUT2D eigenvalue weighted by atomic mass is 10.1. The summed E-state index contributed by atoms with van der Waals surface area (Å²) >= 11 is 0. The molecule has 0 aromatic rings. The van der Waals surface area contributed by atoms with Gasteiger partial charge in [0, 0.05) is 25.7 Å². The van der Waals surface area contributed by atoms with E-state index < -0.39 is 97.5 Å². The summed E-state index contributed by atoms with van der Waals surface area (Å²) in [6.07, 6.45) is 105. The molecular formula is C93H146O17P2. The van der Waals surface area contributed by atoms with E-state index in [0.717, 1.165) is 154 Å². The van der Waals surface area contributed by atoms with Crippen LogP contribution in [0.2, 0.25) is 0 Å². The fraction of sp³-hybridized carbons (Fsp3) is 0.570. The Balaban J connectivity index is 5.60. The zero-order valence-electron chi connectivity index (χ0n) is 69.0. The summed E-state index contributed by atoms with van der Waals surface area (Å²) in [5.74, 6) is -2.45. The predicted molar refractivity (Wildman–Crippen MR) is 463 cm³/mol. The maximum Gasteiger partial charge on any atom is 0.472 e. The molecule has 2 unspecified atom stereocenters. The predicted octanol–water partition coefficient (Wildman–Crippen LogP) is 25.2. The van der Waals surface area contributed by atoms with Crippen LogP contribution >= 0.6 is 15.6 Å². The van der Waals surface area contributed by atoms with Crippen molar-refractivity contribution in [1.82, 2.24) is 0 Å².